The molecule has 0 bridgehead atoms. The number of hydrogen-bond acceptors (Lipinski definition) is 5. The Morgan fingerprint density at radius 2 is 2.00 bits per heavy atom. The SMILES string of the molecule is CCNc1cc(N(C)C(C)(C)CO)nc(C(C)C)n1. The van der Waals surface area contributed by atoms with Gasteiger partial charge in [0.15, 0.2) is 0 Å². The van der Waals surface area contributed by atoms with Crippen molar-refractivity contribution in [1.29, 1.82) is 0 Å². The first-order valence-electron chi connectivity index (χ1n) is 6.79. The van der Waals surface area contributed by atoms with Crippen LogP contribution in [-0.2, 0) is 0 Å². The van der Waals surface area contributed by atoms with E-state index in [1.165, 1.54) is 0 Å². The van der Waals surface area contributed by atoms with Crippen LogP contribution in [0.4, 0.5) is 11.6 Å². The van der Waals surface area contributed by atoms with Crippen LogP contribution in [0.1, 0.15) is 46.4 Å². The summed E-state index contributed by atoms with van der Waals surface area (Å²) in [5.74, 6) is 2.74. The van der Waals surface area contributed by atoms with Gasteiger partial charge in [-0.05, 0) is 20.8 Å². The topological polar surface area (TPSA) is 61.3 Å². The van der Waals surface area contributed by atoms with Crippen LogP contribution in [0.15, 0.2) is 6.07 Å². The summed E-state index contributed by atoms with van der Waals surface area (Å²) in [6, 6.07) is 1.92. The molecule has 1 rings (SSSR count). The zero-order chi connectivity index (χ0) is 14.6. The van der Waals surface area contributed by atoms with Gasteiger partial charge in [-0.2, -0.15) is 0 Å². The van der Waals surface area contributed by atoms with Crippen molar-refractivity contribution < 1.29 is 5.11 Å². The largest absolute Gasteiger partial charge is 0.394 e. The van der Waals surface area contributed by atoms with Gasteiger partial charge in [-0.1, -0.05) is 13.8 Å². The van der Waals surface area contributed by atoms with Crippen molar-refractivity contribution in [3.05, 3.63) is 11.9 Å². The lowest BCUT2D eigenvalue weighted by Gasteiger charge is -2.35. The second-order valence-corrected chi connectivity index (χ2v) is 5.68. The molecule has 0 radical (unpaired) electrons. The molecule has 0 aromatic carbocycles. The molecule has 2 N–H and O–H groups in total. The van der Waals surface area contributed by atoms with Crippen LogP contribution in [0.25, 0.3) is 0 Å². The second kappa shape index (κ2) is 6.19. The maximum Gasteiger partial charge on any atom is 0.135 e. The number of aliphatic hydroxyl groups excluding tert-OH is 1. The molecule has 0 aliphatic heterocycles. The van der Waals surface area contributed by atoms with Gasteiger partial charge in [0.1, 0.15) is 17.5 Å². The van der Waals surface area contributed by atoms with Crippen molar-refractivity contribution in [2.45, 2.75) is 46.1 Å². The summed E-state index contributed by atoms with van der Waals surface area (Å²) < 4.78 is 0. The van der Waals surface area contributed by atoms with Gasteiger partial charge in [0, 0.05) is 25.6 Å². The van der Waals surface area contributed by atoms with Gasteiger partial charge in [0.2, 0.25) is 0 Å². The van der Waals surface area contributed by atoms with Gasteiger partial charge in [-0.25, -0.2) is 9.97 Å². The molecule has 5 nitrogen and oxygen atoms in total. The van der Waals surface area contributed by atoms with Crippen molar-refractivity contribution in [2.24, 2.45) is 0 Å². The summed E-state index contributed by atoms with van der Waals surface area (Å²) in [4.78, 5) is 11.1. The van der Waals surface area contributed by atoms with Gasteiger partial charge in [-0.15, -0.1) is 0 Å². The quantitative estimate of drug-likeness (QED) is 0.827. The van der Waals surface area contributed by atoms with Crippen LogP contribution >= 0.6 is 0 Å². The molecule has 1 heterocycles. The summed E-state index contributed by atoms with van der Waals surface area (Å²) in [6.07, 6.45) is 0. The Morgan fingerprint density at radius 3 is 2.47 bits per heavy atom. The molecular formula is C14H26N4O. The maximum atomic E-state index is 9.48. The highest BCUT2D eigenvalue weighted by molar-refractivity contribution is 5.50. The van der Waals surface area contributed by atoms with E-state index in [4.69, 9.17) is 0 Å². The number of aliphatic hydroxyl groups is 1. The minimum atomic E-state index is -0.355. The molecule has 0 spiro atoms. The van der Waals surface area contributed by atoms with Gasteiger partial charge < -0.3 is 15.3 Å². The average Bonchev–Trinajstić information content (AvgIpc) is 2.37. The van der Waals surface area contributed by atoms with Crippen molar-refractivity contribution in [2.75, 3.05) is 30.4 Å². The summed E-state index contributed by atoms with van der Waals surface area (Å²) in [7, 11) is 1.94. The first-order chi connectivity index (χ1) is 8.81. The van der Waals surface area contributed by atoms with Crippen LogP contribution in [0.5, 0.6) is 0 Å². The average molecular weight is 266 g/mol. The molecule has 0 saturated heterocycles. The fourth-order valence-corrected chi connectivity index (χ4v) is 1.57. The zero-order valence-corrected chi connectivity index (χ0v) is 12.9. The van der Waals surface area contributed by atoms with Crippen LogP contribution in [-0.4, -0.2) is 40.8 Å². The van der Waals surface area contributed by atoms with Crippen molar-refractivity contribution in [1.82, 2.24) is 9.97 Å². The fraction of sp³-hybridized carbons (Fsp3) is 0.714. The highest BCUT2D eigenvalue weighted by atomic mass is 16.3. The number of nitrogens with zero attached hydrogens (tertiary/aromatic N) is 3. The minimum absolute atomic E-state index is 0.0705. The van der Waals surface area contributed by atoms with Crippen LogP contribution in [0, 0.1) is 0 Å². The van der Waals surface area contributed by atoms with E-state index in [9.17, 15) is 5.11 Å². The van der Waals surface area contributed by atoms with Crippen LogP contribution < -0.4 is 10.2 Å². The number of rotatable bonds is 6. The Kier molecular flexibility index (Phi) is 5.11. The fourth-order valence-electron chi connectivity index (χ4n) is 1.57. The van der Waals surface area contributed by atoms with Gasteiger partial charge in [-0.3, -0.25) is 0 Å². The molecule has 0 aliphatic carbocycles. The molecular weight excluding hydrogens is 240 g/mol. The van der Waals surface area contributed by atoms with E-state index in [1.807, 2.05) is 38.8 Å². The molecule has 5 heteroatoms. The molecule has 108 valence electrons. The molecule has 19 heavy (non-hydrogen) atoms. The van der Waals surface area contributed by atoms with Gasteiger partial charge >= 0.3 is 0 Å². The third-order valence-electron chi connectivity index (χ3n) is 3.24. The van der Waals surface area contributed by atoms with Gasteiger partial charge in [0.05, 0.1) is 12.1 Å². The third-order valence-corrected chi connectivity index (χ3v) is 3.24. The van der Waals surface area contributed by atoms with E-state index in [-0.39, 0.29) is 18.1 Å². The number of anilines is 2. The number of aromatic nitrogens is 2. The summed E-state index contributed by atoms with van der Waals surface area (Å²) in [5.41, 5.74) is -0.355. The molecule has 0 aliphatic rings. The van der Waals surface area contributed by atoms with E-state index in [0.29, 0.717) is 0 Å². The Hall–Kier alpha value is -1.36. The maximum absolute atomic E-state index is 9.48. The smallest absolute Gasteiger partial charge is 0.135 e. The summed E-state index contributed by atoms with van der Waals surface area (Å²) in [6.45, 7) is 11.0. The molecule has 0 unspecified atom stereocenters. The van der Waals surface area contributed by atoms with Crippen molar-refractivity contribution in [3.8, 4) is 0 Å². The Morgan fingerprint density at radius 1 is 1.37 bits per heavy atom. The molecule has 1 aromatic heterocycles. The Balaban J connectivity index is 3.19. The van der Waals surface area contributed by atoms with Gasteiger partial charge in [0.25, 0.3) is 0 Å². The Labute approximate surface area is 116 Å². The predicted molar refractivity (Wildman–Crippen MR) is 79.9 cm³/mol. The molecule has 1 aromatic rings. The lowest BCUT2D eigenvalue weighted by Crippen LogP contribution is -2.45. The van der Waals surface area contributed by atoms with Crippen LogP contribution in [0.2, 0.25) is 0 Å². The summed E-state index contributed by atoms with van der Waals surface area (Å²) >= 11 is 0. The number of likely N-dealkylation sites (N-methyl/N-ethyl adjacent to an activating group) is 1. The Bertz CT molecular complexity index is 418. The van der Waals surface area contributed by atoms with E-state index in [0.717, 1.165) is 24.0 Å². The van der Waals surface area contributed by atoms with Crippen molar-refractivity contribution in [3.63, 3.8) is 0 Å². The lowest BCUT2D eigenvalue weighted by atomic mass is 10.1. The lowest BCUT2D eigenvalue weighted by molar-refractivity contribution is 0.215. The second-order valence-electron chi connectivity index (χ2n) is 5.68. The molecule has 0 amide bonds. The first-order valence-corrected chi connectivity index (χ1v) is 6.79. The first kappa shape index (κ1) is 15.7. The molecule has 0 fully saturated rings. The number of hydrogen-bond donors (Lipinski definition) is 2. The van der Waals surface area contributed by atoms with E-state index >= 15 is 0 Å². The highest BCUT2D eigenvalue weighted by Gasteiger charge is 2.24. The van der Waals surface area contributed by atoms with E-state index < -0.39 is 0 Å². The predicted octanol–water partition coefficient (Wildman–Crippen LogP) is 2.24. The van der Waals surface area contributed by atoms with E-state index in [1.54, 1.807) is 0 Å². The van der Waals surface area contributed by atoms with Crippen LogP contribution in [0.3, 0.4) is 0 Å². The molecule has 0 saturated carbocycles. The summed E-state index contributed by atoms with van der Waals surface area (Å²) in [5, 5.41) is 12.7. The van der Waals surface area contributed by atoms with E-state index in [2.05, 4.69) is 29.1 Å². The standard InChI is InChI=1S/C14H26N4O/c1-7-15-11-8-12(17-13(16-11)10(2)3)18(6)14(4,5)9-19/h8,10,19H,7,9H2,1-6H3,(H,15,16,17). The molecule has 0 atom stereocenters. The normalized spacial score (nSPS) is 11.8. The highest BCUT2D eigenvalue weighted by Crippen LogP contribution is 2.24. The minimum Gasteiger partial charge on any atom is -0.394 e. The number of nitrogens with one attached hydrogen (secondary N) is 1. The third kappa shape index (κ3) is 3.80. The zero-order valence-electron chi connectivity index (χ0n) is 12.9. The van der Waals surface area contributed by atoms with Crippen molar-refractivity contribution >= 4 is 11.6 Å². The monoisotopic (exact) mass is 266 g/mol.